The molecule has 1 N–H and O–H groups in total. The first kappa shape index (κ1) is 15.5. The minimum atomic E-state index is -0.662. The fraction of sp³-hybridized carbons (Fsp3) is 0.929. The molecule has 0 aromatic rings. The van der Waals surface area contributed by atoms with Gasteiger partial charge in [-0.15, -0.1) is 0 Å². The Kier molecular flexibility index (Phi) is 7.44. The van der Waals surface area contributed by atoms with Crippen molar-refractivity contribution in [3.8, 4) is 0 Å². The first-order valence-corrected chi connectivity index (χ1v) is 6.60. The van der Waals surface area contributed by atoms with E-state index in [4.69, 9.17) is 5.11 Å². The second-order valence-electron chi connectivity index (χ2n) is 5.57. The Balaban J connectivity index is 4.33. The molecule has 0 bridgehead atoms. The molecule has 3 unspecified atom stereocenters. The van der Waals surface area contributed by atoms with Crippen LogP contribution >= 0.6 is 0 Å². The van der Waals surface area contributed by atoms with Crippen molar-refractivity contribution in [1.82, 2.24) is 0 Å². The van der Waals surface area contributed by atoms with Crippen LogP contribution in [0.1, 0.15) is 60.3 Å². The van der Waals surface area contributed by atoms with Gasteiger partial charge >= 0.3 is 5.97 Å². The third kappa shape index (κ3) is 6.14. The first-order valence-electron chi connectivity index (χ1n) is 6.60. The third-order valence-electron chi connectivity index (χ3n) is 3.79. The maximum Gasteiger partial charge on any atom is 0.303 e. The number of carboxylic acid groups (broad SMARTS) is 1. The highest BCUT2D eigenvalue weighted by atomic mass is 16.4. The topological polar surface area (TPSA) is 37.3 Å². The van der Waals surface area contributed by atoms with Crippen molar-refractivity contribution in [2.24, 2.45) is 23.7 Å². The summed E-state index contributed by atoms with van der Waals surface area (Å²) < 4.78 is 0. The van der Waals surface area contributed by atoms with E-state index in [1.54, 1.807) is 0 Å². The van der Waals surface area contributed by atoms with Gasteiger partial charge in [0, 0.05) is 6.42 Å². The lowest BCUT2D eigenvalue weighted by Crippen LogP contribution is -2.21. The first-order chi connectivity index (χ1) is 7.38. The SMILES string of the molecule is CCC(C)C(C)C(CCC(=O)O)CC(C)C. The van der Waals surface area contributed by atoms with Crippen LogP contribution < -0.4 is 0 Å². The monoisotopic (exact) mass is 228 g/mol. The van der Waals surface area contributed by atoms with Gasteiger partial charge in [0.1, 0.15) is 0 Å². The van der Waals surface area contributed by atoms with Gasteiger partial charge in [0.15, 0.2) is 0 Å². The van der Waals surface area contributed by atoms with E-state index in [0.717, 1.165) is 12.8 Å². The van der Waals surface area contributed by atoms with Gasteiger partial charge in [0.25, 0.3) is 0 Å². The Labute approximate surface area is 100 Å². The van der Waals surface area contributed by atoms with Crippen molar-refractivity contribution >= 4 is 5.97 Å². The number of carboxylic acids is 1. The summed E-state index contributed by atoms with van der Waals surface area (Å²) in [6.45, 7) is 11.2. The molecular weight excluding hydrogens is 200 g/mol. The summed E-state index contributed by atoms with van der Waals surface area (Å²) in [4.78, 5) is 10.7. The summed E-state index contributed by atoms with van der Waals surface area (Å²) in [5.41, 5.74) is 0. The van der Waals surface area contributed by atoms with Crippen molar-refractivity contribution in [2.45, 2.75) is 60.3 Å². The van der Waals surface area contributed by atoms with Crippen LogP contribution in [0.5, 0.6) is 0 Å². The van der Waals surface area contributed by atoms with Crippen molar-refractivity contribution < 1.29 is 9.90 Å². The zero-order chi connectivity index (χ0) is 12.7. The van der Waals surface area contributed by atoms with Gasteiger partial charge in [0.05, 0.1) is 0 Å². The quantitative estimate of drug-likeness (QED) is 0.676. The molecule has 0 heterocycles. The lowest BCUT2D eigenvalue weighted by molar-refractivity contribution is -0.137. The summed E-state index contributed by atoms with van der Waals surface area (Å²) in [6, 6.07) is 0. The molecule has 0 aliphatic rings. The molecule has 3 atom stereocenters. The predicted octanol–water partition coefficient (Wildman–Crippen LogP) is 4.20. The van der Waals surface area contributed by atoms with E-state index in [1.807, 2.05) is 0 Å². The van der Waals surface area contributed by atoms with Gasteiger partial charge in [-0.3, -0.25) is 4.79 Å². The molecular formula is C14H28O2. The minimum absolute atomic E-state index is 0.318. The number of hydrogen-bond donors (Lipinski definition) is 1. The van der Waals surface area contributed by atoms with Crippen LogP contribution in [0.2, 0.25) is 0 Å². The Bertz CT molecular complexity index is 199. The lowest BCUT2D eigenvalue weighted by atomic mass is 9.76. The normalized spacial score (nSPS) is 17.1. The standard InChI is InChI=1S/C14H28O2/c1-6-11(4)12(5)13(9-10(2)3)7-8-14(15)16/h10-13H,6-9H2,1-5H3,(H,15,16). The van der Waals surface area contributed by atoms with Gasteiger partial charge in [0.2, 0.25) is 0 Å². The number of rotatable bonds is 8. The molecule has 16 heavy (non-hydrogen) atoms. The van der Waals surface area contributed by atoms with Gasteiger partial charge in [-0.2, -0.15) is 0 Å². The fourth-order valence-electron chi connectivity index (χ4n) is 2.35. The fourth-order valence-corrected chi connectivity index (χ4v) is 2.35. The van der Waals surface area contributed by atoms with E-state index in [-0.39, 0.29) is 0 Å². The van der Waals surface area contributed by atoms with Crippen LogP contribution in [0, 0.1) is 23.7 Å². The highest BCUT2D eigenvalue weighted by molar-refractivity contribution is 5.66. The highest BCUT2D eigenvalue weighted by Crippen LogP contribution is 2.31. The van der Waals surface area contributed by atoms with Gasteiger partial charge in [-0.25, -0.2) is 0 Å². The van der Waals surface area contributed by atoms with E-state index < -0.39 is 5.97 Å². The molecule has 0 amide bonds. The number of hydrogen-bond acceptors (Lipinski definition) is 1. The Morgan fingerprint density at radius 3 is 2.12 bits per heavy atom. The number of carbonyl (C=O) groups is 1. The average Bonchev–Trinajstić information content (AvgIpc) is 2.21. The predicted molar refractivity (Wildman–Crippen MR) is 68.4 cm³/mol. The summed E-state index contributed by atoms with van der Waals surface area (Å²) in [5, 5.41) is 8.77. The van der Waals surface area contributed by atoms with E-state index >= 15 is 0 Å². The van der Waals surface area contributed by atoms with Crippen LogP contribution in [0.4, 0.5) is 0 Å². The van der Waals surface area contributed by atoms with Crippen LogP contribution in [-0.4, -0.2) is 11.1 Å². The Morgan fingerprint density at radius 1 is 1.19 bits per heavy atom. The molecule has 0 aliphatic heterocycles. The van der Waals surface area contributed by atoms with Gasteiger partial charge in [-0.1, -0.05) is 41.0 Å². The second-order valence-corrected chi connectivity index (χ2v) is 5.57. The van der Waals surface area contributed by atoms with Crippen LogP contribution in [0.3, 0.4) is 0 Å². The molecule has 0 spiro atoms. The highest BCUT2D eigenvalue weighted by Gasteiger charge is 2.23. The molecule has 0 aromatic carbocycles. The Hall–Kier alpha value is -0.530. The zero-order valence-electron chi connectivity index (χ0n) is 11.5. The molecule has 0 saturated carbocycles. The molecule has 0 rings (SSSR count). The smallest absolute Gasteiger partial charge is 0.303 e. The van der Waals surface area contributed by atoms with E-state index in [9.17, 15) is 4.79 Å². The van der Waals surface area contributed by atoms with Crippen molar-refractivity contribution in [3.05, 3.63) is 0 Å². The molecule has 0 fully saturated rings. The van der Waals surface area contributed by atoms with Gasteiger partial charge in [-0.05, 0) is 36.5 Å². The van der Waals surface area contributed by atoms with E-state index in [1.165, 1.54) is 6.42 Å². The third-order valence-corrected chi connectivity index (χ3v) is 3.79. The van der Waals surface area contributed by atoms with Crippen molar-refractivity contribution in [1.29, 1.82) is 0 Å². The molecule has 0 aromatic heterocycles. The largest absolute Gasteiger partial charge is 0.481 e. The molecule has 0 aliphatic carbocycles. The van der Waals surface area contributed by atoms with Crippen molar-refractivity contribution in [3.63, 3.8) is 0 Å². The lowest BCUT2D eigenvalue weighted by Gasteiger charge is -2.29. The second kappa shape index (κ2) is 7.70. The molecule has 96 valence electrons. The molecule has 2 nitrogen and oxygen atoms in total. The zero-order valence-corrected chi connectivity index (χ0v) is 11.5. The Morgan fingerprint density at radius 2 is 1.75 bits per heavy atom. The number of aliphatic carboxylic acids is 1. The van der Waals surface area contributed by atoms with Crippen molar-refractivity contribution in [2.75, 3.05) is 0 Å². The summed E-state index contributed by atoms with van der Waals surface area (Å²) in [6.07, 6.45) is 3.48. The minimum Gasteiger partial charge on any atom is -0.481 e. The maximum absolute atomic E-state index is 10.7. The van der Waals surface area contributed by atoms with Crippen LogP contribution in [0.25, 0.3) is 0 Å². The van der Waals surface area contributed by atoms with Crippen LogP contribution in [-0.2, 0) is 4.79 Å². The average molecular weight is 228 g/mol. The van der Waals surface area contributed by atoms with E-state index in [2.05, 4.69) is 34.6 Å². The van der Waals surface area contributed by atoms with Crippen LogP contribution in [0.15, 0.2) is 0 Å². The summed E-state index contributed by atoms with van der Waals surface area (Å²) in [7, 11) is 0. The van der Waals surface area contributed by atoms with Gasteiger partial charge < -0.3 is 5.11 Å². The molecule has 2 heteroatoms. The molecule has 0 saturated heterocycles. The summed E-state index contributed by atoms with van der Waals surface area (Å²) in [5.74, 6) is 1.88. The maximum atomic E-state index is 10.7. The molecule has 0 radical (unpaired) electrons. The van der Waals surface area contributed by atoms with E-state index in [0.29, 0.717) is 30.1 Å². The summed E-state index contributed by atoms with van der Waals surface area (Å²) >= 11 is 0.